The molecule has 0 fully saturated rings. The van der Waals surface area contributed by atoms with Crippen LogP contribution in [0.3, 0.4) is 0 Å². The van der Waals surface area contributed by atoms with Crippen LogP contribution in [0.15, 0.2) is 29.3 Å². The number of benzene rings is 1. The van der Waals surface area contributed by atoms with Crippen LogP contribution in [0.5, 0.6) is 0 Å². The predicted octanol–water partition coefficient (Wildman–Crippen LogP) is 2.41. The molecule has 0 saturated heterocycles. The van der Waals surface area contributed by atoms with Gasteiger partial charge in [0.2, 0.25) is 5.91 Å². The average molecular weight is 344 g/mol. The summed E-state index contributed by atoms with van der Waals surface area (Å²) in [5, 5.41) is 5.98. The molecule has 1 unspecified atom stereocenters. The number of guanidine groups is 1. The van der Waals surface area contributed by atoms with Crippen molar-refractivity contribution in [2.75, 3.05) is 27.2 Å². The lowest BCUT2D eigenvalue weighted by atomic mass is 10.1. The van der Waals surface area contributed by atoms with Crippen LogP contribution >= 0.6 is 0 Å². The first-order valence-corrected chi connectivity index (χ1v) is 7.57. The fourth-order valence-corrected chi connectivity index (χ4v) is 1.88. The molecular formula is C16H23F3N4O. The summed E-state index contributed by atoms with van der Waals surface area (Å²) < 4.78 is 38.4. The van der Waals surface area contributed by atoms with Crippen LogP contribution in [0, 0.1) is 0 Å². The predicted molar refractivity (Wildman–Crippen MR) is 87.7 cm³/mol. The molecule has 1 rings (SSSR count). The van der Waals surface area contributed by atoms with Crippen molar-refractivity contribution in [3.63, 3.8) is 0 Å². The van der Waals surface area contributed by atoms with E-state index >= 15 is 0 Å². The number of aliphatic imine (C=N–C) groups is 1. The Hall–Kier alpha value is -2.25. The number of hydrogen-bond donors (Lipinski definition) is 2. The first kappa shape index (κ1) is 19.8. The SMILES string of the molecule is CCNC(=NCC(=O)N(C)C)NC(C)c1cccc(C(F)(F)F)c1. The minimum atomic E-state index is -4.38. The lowest BCUT2D eigenvalue weighted by molar-refractivity contribution is -0.137. The summed E-state index contributed by atoms with van der Waals surface area (Å²) in [4.78, 5) is 17.2. The average Bonchev–Trinajstić information content (AvgIpc) is 2.51. The fraction of sp³-hybridized carbons (Fsp3) is 0.500. The van der Waals surface area contributed by atoms with Gasteiger partial charge < -0.3 is 15.5 Å². The maximum atomic E-state index is 12.8. The molecule has 24 heavy (non-hydrogen) atoms. The maximum Gasteiger partial charge on any atom is 0.416 e. The molecule has 0 aliphatic carbocycles. The number of carbonyl (C=O) groups is 1. The maximum absolute atomic E-state index is 12.8. The van der Waals surface area contributed by atoms with E-state index in [4.69, 9.17) is 0 Å². The highest BCUT2D eigenvalue weighted by Gasteiger charge is 2.30. The minimum Gasteiger partial charge on any atom is -0.357 e. The van der Waals surface area contributed by atoms with E-state index in [0.29, 0.717) is 18.1 Å². The van der Waals surface area contributed by atoms with E-state index in [1.165, 1.54) is 11.0 Å². The molecule has 5 nitrogen and oxygen atoms in total. The Balaban J connectivity index is 2.87. The van der Waals surface area contributed by atoms with Crippen LogP contribution in [0.2, 0.25) is 0 Å². The van der Waals surface area contributed by atoms with Crippen molar-refractivity contribution in [2.24, 2.45) is 4.99 Å². The fourth-order valence-electron chi connectivity index (χ4n) is 1.88. The van der Waals surface area contributed by atoms with Gasteiger partial charge in [-0.2, -0.15) is 13.2 Å². The summed E-state index contributed by atoms with van der Waals surface area (Å²) in [5.74, 6) is 0.205. The van der Waals surface area contributed by atoms with Crippen LogP contribution in [0.4, 0.5) is 13.2 Å². The van der Waals surface area contributed by atoms with Crippen LogP contribution in [0.25, 0.3) is 0 Å². The lowest BCUT2D eigenvalue weighted by Crippen LogP contribution is -2.39. The lowest BCUT2D eigenvalue weighted by Gasteiger charge is -2.19. The van der Waals surface area contributed by atoms with Gasteiger partial charge in [0.15, 0.2) is 5.96 Å². The number of nitrogens with zero attached hydrogens (tertiary/aromatic N) is 2. The third kappa shape index (κ3) is 6.10. The molecule has 1 amide bonds. The standard InChI is InChI=1S/C16H23F3N4O/c1-5-20-15(21-10-14(24)23(3)4)22-11(2)12-7-6-8-13(9-12)16(17,18)19/h6-9,11H,5,10H2,1-4H3,(H2,20,21,22). The van der Waals surface area contributed by atoms with Crippen molar-refractivity contribution in [3.8, 4) is 0 Å². The summed E-state index contributed by atoms with van der Waals surface area (Å²) >= 11 is 0. The molecule has 0 bridgehead atoms. The highest BCUT2D eigenvalue weighted by Crippen LogP contribution is 2.30. The topological polar surface area (TPSA) is 56.7 Å². The highest BCUT2D eigenvalue weighted by molar-refractivity contribution is 5.85. The number of amides is 1. The molecule has 0 aromatic heterocycles. The largest absolute Gasteiger partial charge is 0.416 e. The monoisotopic (exact) mass is 344 g/mol. The van der Waals surface area contributed by atoms with Gasteiger partial charge in [0, 0.05) is 20.6 Å². The molecule has 1 aromatic carbocycles. The summed E-state index contributed by atoms with van der Waals surface area (Å²) in [6.45, 7) is 4.12. The van der Waals surface area contributed by atoms with Gasteiger partial charge in [-0.15, -0.1) is 0 Å². The highest BCUT2D eigenvalue weighted by atomic mass is 19.4. The molecule has 0 saturated carbocycles. The van der Waals surface area contributed by atoms with Crippen LogP contribution in [-0.4, -0.2) is 44.0 Å². The van der Waals surface area contributed by atoms with Crippen molar-refractivity contribution in [1.82, 2.24) is 15.5 Å². The van der Waals surface area contributed by atoms with Crippen LogP contribution < -0.4 is 10.6 Å². The number of nitrogens with one attached hydrogen (secondary N) is 2. The summed E-state index contributed by atoms with van der Waals surface area (Å²) in [7, 11) is 3.26. The molecule has 8 heteroatoms. The van der Waals surface area contributed by atoms with Gasteiger partial charge in [-0.25, -0.2) is 4.99 Å². The quantitative estimate of drug-likeness (QED) is 0.637. The first-order valence-electron chi connectivity index (χ1n) is 7.57. The molecule has 1 atom stereocenters. The Labute approximate surface area is 139 Å². The molecule has 0 aliphatic heterocycles. The third-order valence-electron chi connectivity index (χ3n) is 3.28. The normalized spacial score (nSPS) is 13.4. The second-order valence-electron chi connectivity index (χ2n) is 5.47. The van der Waals surface area contributed by atoms with E-state index in [0.717, 1.165) is 12.1 Å². The van der Waals surface area contributed by atoms with Crippen molar-refractivity contribution in [2.45, 2.75) is 26.1 Å². The smallest absolute Gasteiger partial charge is 0.357 e. The van der Waals surface area contributed by atoms with Gasteiger partial charge in [0.05, 0.1) is 11.6 Å². The number of halogens is 3. The van der Waals surface area contributed by atoms with Crippen molar-refractivity contribution < 1.29 is 18.0 Å². The van der Waals surface area contributed by atoms with Crippen molar-refractivity contribution >= 4 is 11.9 Å². The number of likely N-dealkylation sites (N-methyl/N-ethyl adjacent to an activating group) is 1. The van der Waals surface area contributed by atoms with Crippen LogP contribution in [-0.2, 0) is 11.0 Å². The Morgan fingerprint density at radius 1 is 1.33 bits per heavy atom. The summed E-state index contributed by atoms with van der Waals surface area (Å²) in [5.41, 5.74) is -0.215. The second kappa shape index (κ2) is 8.56. The molecule has 0 heterocycles. The molecular weight excluding hydrogens is 321 g/mol. The van der Waals surface area contributed by atoms with Gasteiger partial charge in [-0.05, 0) is 31.5 Å². The van der Waals surface area contributed by atoms with Gasteiger partial charge in [0.1, 0.15) is 6.54 Å². The van der Waals surface area contributed by atoms with Crippen molar-refractivity contribution in [1.29, 1.82) is 0 Å². The zero-order valence-corrected chi connectivity index (χ0v) is 14.2. The Morgan fingerprint density at radius 2 is 2.00 bits per heavy atom. The van der Waals surface area contributed by atoms with E-state index in [2.05, 4.69) is 15.6 Å². The van der Waals surface area contributed by atoms with E-state index < -0.39 is 17.8 Å². The number of hydrogen-bond acceptors (Lipinski definition) is 2. The summed E-state index contributed by atoms with van der Waals surface area (Å²) in [6, 6.07) is 4.72. The second-order valence-corrected chi connectivity index (χ2v) is 5.47. The summed E-state index contributed by atoms with van der Waals surface area (Å²) in [6.07, 6.45) is -4.38. The zero-order valence-electron chi connectivity index (χ0n) is 14.2. The van der Waals surface area contributed by atoms with Gasteiger partial charge in [0.25, 0.3) is 0 Å². The minimum absolute atomic E-state index is 0.0440. The number of carbonyl (C=O) groups excluding carboxylic acids is 1. The first-order chi connectivity index (χ1) is 11.1. The van der Waals surface area contributed by atoms with E-state index in [1.807, 2.05) is 6.92 Å². The Bertz CT molecular complexity index is 585. The molecule has 2 N–H and O–H groups in total. The van der Waals surface area contributed by atoms with E-state index in [9.17, 15) is 18.0 Å². The number of alkyl halides is 3. The number of rotatable bonds is 5. The van der Waals surface area contributed by atoms with Gasteiger partial charge >= 0.3 is 6.18 Å². The van der Waals surface area contributed by atoms with Gasteiger partial charge in [-0.3, -0.25) is 4.79 Å². The van der Waals surface area contributed by atoms with Crippen molar-refractivity contribution in [3.05, 3.63) is 35.4 Å². The molecule has 134 valence electrons. The van der Waals surface area contributed by atoms with E-state index in [1.54, 1.807) is 27.1 Å². The van der Waals surface area contributed by atoms with Gasteiger partial charge in [-0.1, -0.05) is 12.1 Å². The molecule has 0 radical (unpaired) electrons. The molecule has 1 aromatic rings. The third-order valence-corrected chi connectivity index (χ3v) is 3.28. The zero-order chi connectivity index (χ0) is 18.3. The Morgan fingerprint density at radius 3 is 2.54 bits per heavy atom. The van der Waals surface area contributed by atoms with E-state index in [-0.39, 0.29) is 12.5 Å². The Kier molecular flexibility index (Phi) is 7.06. The van der Waals surface area contributed by atoms with Crippen LogP contribution in [0.1, 0.15) is 31.0 Å². The molecule has 0 aliphatic rings. The molecule has 0 spiro atoms.